The van der Waals surface area contributed by atoms with Crippen molar-refractivity contribution in [1.29, 1.82) is 0 Å². The third-order valence-corrected chi connectivity index (χ3v) is 6.08. The molecule has 25 heavy (non-hydrogen) atoms. The Bertz CT molecular complexity index is 665. The van der Waals surface area contributed by atoms with E-state index in [-0.39, 0.29) is 0 Å². The van der Waals surface area contributed by atoms with Gasteiger partial charge in [-0.15, -0.1) is 0 Å². The number of unbranched alkanes of at least 4 members (excludes halogenated alkanes) is 1. The summed E-state index contributed by atoms with van der Waals surface area (Å²) in [6, 6.07) is 16.4. The molecule has 1 aliphatic rings. The second-order valence-electron chi connectivity index (χ2n) is 8.14. The zero-order chi connectivity index (χ0) is 17.6. The third-order valence-electron chi connectivity index (χ3n) is 6.08. The first-order valence-electron chi connectivity index (χ1n) is 10.4. The summed E-state index contributed by atoms with van der Waals surface area (Å²) < 4.78 is 0. The summed E-state index contributed by atoms with van der Waals surface area (Å²) in [5.74, 6) is 1.77. The Morgan fingerprint density at radius 3 is 2.44 bits per heavy atom. The van der Waals surface area contributed by atoms with E-state index in [0.717, 1.165) is 11.8 Å². The van der Waals surface area contributed by atoms with Gasteiger partial charge < -0.3 is 0 Å². The van der Waals surface area contributed by atoms with Crippen LogP contribution < -0.4 is 0 Å². The van der Waals surface area contributed by atoms with Gasteiger partial charge >= 0.3 is 0 Å². The molecule has 0 fully saturated rings. The van der Waals surface area contributed by atoms with E-state index >= 15 is 0 Å². The first kappa shape index (κ1) is 18.2. The van der Waals surface area contributed by atoms with Crippen molar-refractivity contribution in [3.05, 3.63) is 59.2 Å². The molecule has 2 aromatic carbocycles. The van der Waals surface area contributed by atoms with E-state index in [1.165, 1.54) is 68.1 Å². The molecule has 0 spiro atoms. The number of rotatable bonds is 7. The fourth-order valence-corrected chi connectivity index (χ4v) is 4.19. The van der Waals surface area contributed by atoms with Gasteiger partial charge in [0.1, 0.15) is 0 Å². The van der Waals surface area contributed by atoms with Crippen LogP contribution in [0.15, 0.2) is 42.5 Å². The van der Waals surface area contributed by atoms with Crippen molar-refractivity contribution in [2.45, 2.75) is 72.1 Å². The minimum atomic E-state index is 0.872. The van der Waals surface area contributed by atoms with E-state index < -0.39 is 0 Å². The van der Waals surface area contributed by atoms with Gasteiger partial charge in [-0.1, -0.05) is 76.1 Å². The average Bonchev–Trinajstić information content (AvgIpc) is 2.66. The molecule has 1 aliphatic carbocycles. The molecule has 0 saturated heterocycles. The summed E-state index contributed by atoms with van der Waals surface area (Å²) in [5.41, 5.74) is 7.42. The zero-order valence-electron chi connectivity index (χ0n) is 16.4. The first-order valence-corrected chi connectivity index (χ1v) is 10.4. The van der Waals surface area contributed by atoms with Crippen molar-refractivity contribution in [2.24, 2.45) is 11.8 Å². The highest BCUT2D eigenvalue weighted by atomic mass is 14.3. The van der Waals surface area contributed by atoms with Crippen molar-refractivity contribution in [2.75, 3.05) is 0 Å². The number of aryl methyl sites for hydroxylation is 2. The molecule has 0 aromatic heterocycles. The molecule has 0 saturated carbocycles. The Hall–Kier alpha value is -1.56. The predicted molar refractivity (Wildman–Crippen MR) is 110 cm³/mol. The molecule has 2 unspecified atom stereocenters. The Morgan fingerprint density at radius 1 is 0.960 bits per heavy atom. The molecule has 0 amide bonds. The smallest absolute Gasteiger partial charge is 0.0181 e. The van der Waals surface area contributed by atoms with Crippen LogP contribution in [0.2, 0.25) is 0 Å². The second kappa shape index (κ2) is 8.70. The van der Waals surface area contributed by atoms with Crippen molar-refractivity contribution in [1.82, 2.24) is 0 Å². The van der Waals surface area contributed by atoms with Crippen LogP contribution in [0, 0.1) is 11.8 Å². The van der Waals surface area contributed by atoms with Crippen LogP contribution in [0.5, 0.6) is 0 Å². The number of hydrogen-bond donors (Lipinski definition) is 0. The molecular formula is C25H34. The lowest BCUT2D eigenvalue weighted by Gasteiger charge is -2.27. The van der Waals surface area contributed by atoms with Gasteiger partial charge in [0.15, 0.2) is 0 Å². The summed E-state index contributed by atoms with van der Waals surface area (Å²) in [4.78, 5) is 0. The lowest BCUT2D eigenvalue weighted by atomic mass is 9.78. The van der Waals surface area contributed by atoms with E-state index in [2.05, 4.69) is 63.2 Å². The molecule has 0 N–H and O–H groups in total. The van der Waals surface area contributed by atoms with Crippen molar-refractivity contribution in [3.8, 4) is 11.1 Å². The monoisotopic (exact) mass is 334 g/mol. The SMILES string of the molecule is CCCCc1ccc(-c2ccc3c(c2)CCC(CC(C)CC)C3)cc1. The molecule has 0 heterocycles. The zero-order valence-corrected chi connectivity index (χ0v) is 16.4. The van der Waals surface area contributed by atoms with Crippen LogP contribution in [0.4, 0.5) is 0 Å². The molecule has 2 aromatic rings. The van der Waals surface area contributed by atoms with Crippen LogP contribution in [-0.4, -0.2) is 0 Å². The molecule has 0 nitrogen and oxygen atoms in total. The predicted octanol–water partition coefficient (Wildman–Crippen LogP) is 7.24. The van der Waals surface area contributed by atoms with Crippen LogP contribution in [-0.2, 0) is 19.3 Å². The lowest BCUT2D eigenvalue weighted by molar-refractivity contribution is 0.349. The highest BCUT2D eigenvalue weighted by Crippen LogP contribution is 2.33. The van der Waals surface area contributed by atoms with Gasteiger partial charge in [0, 0.05) is 0 Å². The highest BCUT2D eigenvalue weighted by molar-refractivity contribution is 5.65. The Kier molecular flexibility index (Phi) is 6.34. The van der Waals surface area contributed by atoms with Crippen LogP contribution in [0.3, 0.4) is 0 Å². The van der Waals surface area contributed by atoms with E-state index in [0.29, 0.717) is 0 Å². The number of hydrogen-bond acceptors (Lipinski definition) is 0. The molecule has 134 valence electrons. The van der Waals surface area contributed by atoms with E-state index in [1.807, 2.05) is 0 Å². The maximum atomic E-state index is 2.45. The Balaban J connectivity index is 1.70. The molecule has 0 radical (unpaired) electrons. The normalized spacial score (nSPS) is 18.0. The van der Waals surface area contributed by atoms with Gasteiger partial charge in [-0.3, -0.25) is 0 Å². The second-order valence-corrected chi connectivity index (χ2v) is 8.14. The summed E-state index contributed by atoms with van der Waals surface area (Å²) >= 11 is 0. The van der Waals surface area contributed by atoms with Gasteiger partial charge in [-0.25, -0.2) is 0 Å². The fourth-order valence-electron chi connectivity index (χ4n) is 4.19. The summed E-state index contributed by atoms with van der Waals surface area (Å²) in [6.07, 6.45) is 10.4. The van der Waals surface area contributed by atoms with E-state index in [4.69, 9.17) is 0 Å². The molecule has 0 aliphatic heterocycles. The maximum Gasteiger partial charge on any atom is -0.0181 e. The van der Waals surface area contributed by atoms with Crippen LogP contribution in [0.1, 0.15) is 69.6 Å². The van der Waals surface area contributed by atoms with Gasteiger partial charge in [-0.2, -0.15) is 0 Å². The molecule has 2 atom stereocenters. The first-order chi connectivity index (χ1) is 12.2. The van der Waals surface area contributed by atoms with Crippen molar-refractivity contribution < 1.29 is 0 Å². The topological polar surface area (TPSA) is 0 Å². The highest BCUT2D eigenvalue weighted by Gasteiger charge is 2.20. The van der Waals surface area contributed by atoms with E-state index in [1.54, 1.807) is 11.1 Å². The molecule has 3 rings (SSSR count). The quantitative estimate of drug-likeness (QED) is 0.500. The Morgan fingerprint density at radius 2 is 1.72 bits per heavy atom. The molecule has 0 heteroatoms. The average molecular weight is 335 g/mol. The van der Waals surface area contributed by atoms with Gasteiger partial charge in [-0.05, 0) is 78.2 Å². The largest absolute Gasteiger partial charge is 0.0654 e. The fraction of sp³-hybridized carbons (Fsp3) is 0.520. The summed E-state index contributed by atoms with van der Waals surface area (Å²) in [6.45, 7) is 6.99. The van der Waals surface area contributed by atoms with Gasteiger partial charge in [0.25, 0.3) is 0 Å². The van der Waals surface area contributed by atoms with Crippen LogP contribution in [0.25, 0.3) is 11.1 Å². The van der Waals surface area contributed by atoms with Crippen LogP contribution >= 0.6 is 0 Å². The maximum absolute atomic E-state index is 2.45. The number of benzene rings is 2. The van der Waals surface area contributed by atoms with E-state index in [9.17, 15) is 0 Å². The van der Waals surface area contributed by atoms with Crippen molar-refractivity contribution >= 4 is 0 Å². The lowest BCUT2D eigenvalue weighted by Crippen LogP contribution is -2.16. The number of fused-ring (bicyclic) bond motifs is 1. The van der Waals surface area contributed by atoms with Crippen molar-refractivity contribution in [3.63, 3.8) is 0 Å². The standard InChI is InChI=1S/C25H34/c1-4-6-7-20-8-11-22(12-9-20)24-15-14-23-17-21(16-19(3)5-2)10-13-25(23)18-24/h8-9,11-12,14-15,18-19,21H,4-7,10,13,16-17H2,1-3H3. The minimum absolute atomic E-state index is 0.872. The van der Waals surface area contributed by atoms with Gasteiger partial charge in [0.05, 0.1) is 0 Å². The van der Waals surface area contributed by atoms with Gasteiger partial charge in [0.2, 0.25) is 0 Å². The summed E-state index contributed by atoms with van der Waals surface area (Å²) in [7, 11) is 0. The third kappa shape index (κ3) is 4.75. The minimum Gasteiger partial charge on any atom is -0.0654 e. The summed E-state index contributed by atoms with van der Waals surface area (Å²) in [5, 5.41) is 0. The molecular weight excluding hydrogens is 300 g/mol. The molecule has 0 bridgehead atoms. The Labute approximate surface area is 154 Å².